The molecule has 0 radical (unpaired) electrons. The van der Waals surface area contributed by atoms with Crippen LogP contribution >= 0.6 is 0 Å². The van der Waals surface area contributed by atoms with E-state index in [0.29, 0.717) is 5.82 Å². The minimum absolute atomic E-state index is 0.142. The summed E-state index contributed by atoms with van der Waals surface area (Å²) in [5, 5.41) is 0. The number of hydrogen-bond acceptors (Lipinski definition) is 3. The Kier molecular flexibility index (Phi) is 4.02. The fraction of sp³-hybridized carbons (Fsp3) is 0.667. The minimum atomic E-state index is -0.255. The van der Waals surface area contributed by atoms with Crippen LogP contribution in [0.1, 0.15) is 46.7 Å². The van der Waals surface area contributed by atoms with Gasteiger partial charge < -0.3 is 9.31 Å². The molecule has 0 aliphatic carbocycles. The van der Waals surface area contributed by atoms with Crippen molar-refractivity contribution < 1.29 is 9.31 Å². The molecule has 1 unspecified atom stereocenters. The van der Waals surface area contributed by atoms with Crippen molar-refractivity contribution in [3.8, 4) is 0 Å². The van der Waals surface area contributed by atoms with Crippen molar-refractivity contribution in [2.75, 3.05) is 0 Å². The van der Waals surface area contributed by atoms with Gasteiger partial charge in [0.1, 0.15) is 0 Å². The summed E-state index contributed by atoms with van der Waals surface area (Å²) in [7, 11) is -0.142. The van der Waals surface area contributed by atoms with Crippen LogP contribution in [-0.4, -0.2) is 23.3 Å². The van der Waals surface area contributed by atoms with Crippen LogP contribution in [0.15, 0.2) is 24.4 Å². The van der Waals surface area contributed by atoms with Crippen LogP contribution in [0.3, 0.4) is 0 Å². The van der Waals surface area contributed by atoms with Gasteiger partial charge in [-0.25, -0.2) is 0 Å². The third-order valence-corrected chi connectivity index (χ3v) is 4.38. The average molecular weight is 261 g/mol. The summed E-state index contributed by atoms with van der Waals surface area (Å²) >= 11 is 0. The quantitative estimate of drug-likeness (QED) is 0.777. The molecule has 1 saturated heterocycles. The van der Waals surface area contributed by atoms with Crippen LogP contribution in [0, 0.1) is 0 Å². The molecular formula is C15H24BNO2. The molecule has 4 heteroatoms. The van der Waals surface area contributed by atoms with Gasteiger partial charge in [0, 0.05) is 11.9 Å². The highest BCUT2D eigenvalue weighted by molar-refractivity contribution is 6.47. The standard InChI is InChI=1S/C15H24BNO2/c1-6-12(11-13-9-7-8-10-17-13)16-18-14(2,3)15(4,5)19-16/h7-10,12H,6,11H2,1-5H3. The second-order valence-corrected chi connectivity index (χ2v) is 6.32. The normalized spacial score (nSPS) is 22.5. The fourth-order valence-electron chi connectivity index (χ4n) is 2.30. The Morgan fingerprint density at radius 2 is 1.79 bits per heavy atom. The maximum atomic E-state index is 6.14. The first-order valence-electron chi connectivity index (χ1n) is 7.11. The van der Waals surface area contributed by atoms with E-state index in [-0.39, 0.29) is 18.3 Å². The molecule has 19 heavy (non-hydrogen) atoms. The first kappa shape index (κ1) is 14.5. The van der Waals surface area contributed by atoms with E-state index in [2.05, 4.69) is 45.7 Å². The molecule has 1 aromatic rings. The zero-order valence-corrected chi connectivity index (χ0v) is 12.6. The van der Waals surface area contributed by atoms with Gasteiger partial charge in [-0.1, -0.05) is 19.4 Å². The SMILES string of the molecule is CCC(Cc1ccccn1)B1OC(C)(C)C(C)(C)O1. The van der Waals surface area contributed by atoms with Gasteiger partial charge in [0.25, 0.3) is 0 Å². The topological polar surface area (TPSA) is 31.4 Å². The van der Waals surface area contributed by atoms with E-state index in [4.69, 9.17) is 9.31 Å². The molecule has 1 aliphatic heterocycles. The summed E-state index contributed by atoms with van der Waals surface area (Å²) in [5.74, 6) is 0.343. The van der Waals surface area contributed by atoms with Gasteiger partial charge in [-0.15, -0.1) is 0 Å². The first-order chi connectivity index (χ1) is 8.86. The smallest absolute Gasteiger partial charge is 0.403 e. The van der Waals surface area contributed by atoms with E-state index in [9.17, 15) is 0 Å². The predicted octanol–water partition coefficient (Wildman–Crippen LogP) is 3.50. The third-order valence-electron chi connectivity index (χ3n) is 4.38. The highest BCUT2D eigenvalue weighted by Crippen LogP contribution is 2.41. The molecule has 104 valence electrons. The lowest BCUT2D eigenvalue weighted by atomic mass is 9.68. The van der Waals surface area contributed by atoms with Crippen LogP contribution in [0.25, 0.3) is 0 Å². The van der Waals surface area contributed by atoms with Crippen molar-refractivity contribution in [1.29, 1.82) is 0 Å². The van der Waals surface area contributed by atoms with E-state index in [0.717, 1.165) is 18.5 Å². The summed E-state index contributed by atoms with van der Waals surface area (Å²) in [6.45, 7) is 10.6. The van der Waals surface area contributed by atoms with Crippen molar-refractivity contribution in [1.82, 2.24) is 4.98 Å². The molecule has 2 rings (SSSR count). The zero-order chi connectivity index (χ0) is 14.1. The second kappa shape index (κ2) is 5.26. The molecule has 1 aromatic heterocycles. The predicted molar refractivity (Wildman–Crippen MR) is 78.1 cm³/mol. The second-order valence-electron chi connectivity index (χ2n) is 6.32. The van der Waals surface area contributed by atoms with Gasteiger partial charge in [0.15, 0.2) is 0 Å². The lowest BCUT2D eigenvalue weighted by Gasteiger charge is -2.32. The van der Waals surface area contributed by atoms with Crippen molar-refractivity contribution >= 4 is 7.12 Å². The first-order valence-corrected chi connectivity index (χ1v) is 7.11. The molecule has 0 bridgehead atoms. The van der Waals surface area contributed by atoms with Crippen LogP contribution in [-0.2, 0) is 15.7 Å². The monoisotopic (exact) mass is 261 g/mol. The Labute approximate surface area is 116 Å². The van der Waals surface area contributed by atoms with Crippen molar-refractivity contribution in [2.24, 2.45) is 0 Å². The molecule has 1 fully saturated rings. The maximum absolute atomic E-state index is 6.14. The number of aromatic nitrogens is 1. The van der Waals surface area contributed by atoms with Gasteiger partial charge in [-0.3, -0.25) is 4.98 Å². The summed E-state index contributed by atoms with van der Waals surface area (Å²) in [6.07, 6.45) is 3.76. The van der Waals surface area contributed by atoms with E-state index in [1.165, 1.54) is 0 Å². The van der Waals surface area contributed by atoms with Crippen LogP contribution in [0.2, 0.25) is 5.82 Å². The number of rotatable bonds is 4. The zero-order valence-electron chi connectivity index (χ0n) is 12.6. The lowest BCUT2D eigenvalue weighted by Crippen LogP contribution is -2.41. The lowest BCUT2D eigenvalue weighted by molar-refractivity contribution is 0.00578. The summed E-state index contributed by atoms with van der Waals surface area (Å²) in [6, 6.07) is 6.03. The highest BCUT2D eigenvalue weighted by Gasteiger charge is 2.53. The average Bonchev–Trinajstić information content (AvgIpc) is 2.56. The Bertz CT molecular complexity index is 403. The van der Waals surface area contributed by atoms with Crippen LogP contribution in [0.5, 0.6) is 0 Å². The van der Waals surface area contributed by atoms with Crippen molar-refractivity contribution in [3.05, 3.63) is 30.1 Å². The Hall–Kier alpha value is -0.865. The molecule has 1 atom stereocenters. The Morgan fingerprint density at radius 3 is 2.26 bits per heavy atom. The number of hydrogen-bond donors (Lipinski definition) is 0. The molecule has 0 N–H and O–H groups in total. The molecule has 0 spiro atoms. The van der Waals surface area contributed by atoms with Gasteiger partial charge in [0.2, 0.25) is 0 Å². The van der Waals surface area contributed by atoms with Gasteiger partial charge >= 0.3 is 7.12 Å². The largest absolute Gasteiger partial charge is 0.461 e. The van der Waals surface area contributed by atoms with Gasteiger partial charge in [-0.05, 0) is 52.1 Å². The van der Waals surface area contributed by atoms with Gasteiger partial charge in [0.05, 0.1) is 11.2 Å². The molecule has 0 aromatic carbocycles. The molecule has 1 aliphatic rings. The summed E-state index contributed by atoms with van der Waals surface area (Å²) < 4.78 is 12.3. The highest BCUT2D eigenvalue weighted by atomic mass is 16.7. The number of nitrogens with zero attached hydrogens (tertiary/aromatic N) is 1. The molecule has 3 nitrogen and oxygen atoms in total. The molecule has 0 saturated carbocycles. The molecular weight excluding hydrogens is 237 g/mol. The van der Waals surface area contributed by atoms with E-state index in [1.54, 1.807) is 0 Å². The van der Waals surface area contributed by atoms with E-state index in [1.807, 2.05) is 18.3 Å². The van der Waals surface area contributed by atoms with E-state index < -0.39 is 0 Å². The number of pyridine rings is 1. The van der Waals surface area contributed by atoms with Gasteiger partial charge in [-0.2, -0.15) is 0 Å². The van der Waals surface area contributed by atoms with Crippen LogP contribution in [0.4, 0.5) is 0 Å². The minimum Gasteiger partial charge on any atom is -0.403 e. The molecule has 0 amide bonds. The Morgan fingerprint density at radius 1 is 1.16 bits per heavy atom. The van der Waals surface area contributed by atoms with Crippen molar-refractivity contribution in [2.45, 2.75) is 64.5 Å². The summed E-state index contributed by atoms with van der Waals surface area (Å²) in [4.78, 5) is 4.40. The van der Waals surface area contributed by atoms with Crippen LogP contribution < -0.4 is 0 Å². The van der Waals surface area contributed by atoms with E-state index >= 15 is 0 Å². The summed E-state index contributed by atoms with van der Waals surface area (Å²) in [5.41, 5.74) is 0.591. The fourth-order valence-corrected chi connectivity index (χ4v) is 2.30. The Balaban J connectivity index is 2.08. The maximum Gasteiger partial charge on any atom is 0.461 e. The third kappa shape index (κ3) is 3.01. The molecule has 2 heterocycles. The van der Waals surface area contributed by atoms with Crippen molar-refractivity contribution in [3.63, 3.8) is 0 Å².